The number of carbonyl (C=O) groups excluding carboxylic acids is 4. The summed E-state index contributed by atoms with van der Waals surface area (Å²) in [5, 5.41) is 12.1. The van der Waals surface area contributed by atoms with Crippen molar-refractivity contribution in [3.8, 4) is 10.4 Å². The van der Waals surface area contributed by atoms with Crippen LogP contribution in [0.2, 0.25) is 0 Å². The Hall–Kier alpha value is -3.43. The maximum Gasteiger partial charge on any atom is 0.430 e. The Morgan fingerprint density at radius 3 is 2.19 bits per heavy atom. The first-order valence-corrected chi connectivity index (χ1v) is 13.2. The third kappa shape index (κ3) is 6.63. The van der Waals surface area contributed by atoms with Crippen molar-refractivity contribution in [1.82, 2.24) is 15.2 Å². The topological polar surface area (TPSA) is 117 Å². The Bertz CT molecular complexity index is 1340. The van der Waals surface area contributed by atoms with Gasteiger partial charge in [0.05, 0.1) is 4.88 Å². The highest BCUT2D eigenvalue weighted by Crippen LogP contribution is 2.51. The number of hydrogen-bond donors (Lipinski definition) is 2. The normalized spacial score (nSPS) is 17.5. The lowest BCUT2D eigenvalue weighted by Gasteiger charge is -2.33. The fourth-order valence-corrected chi connectivity index (χ4v) is 5.43. The molecule has 1 aliphatic carbocycles. The predicted octanol–water partition coefficient (Wildman–Crippen LogP) is 5.24. The van der Waals surface area contributed by atoms with Crippen molar-refractivity contribution < 1.29 is 59.4 Å². The maximum atomic E-state index is 14.1. The lowest BCUT2D eigenvalue weighted by atomic mass is 9.89. The van der Waals surface area contributed by atoms with E-state index >= 15 is 0 Å². The number of nitrogens with zero attached hydrogens (tertiary/aromatic N) is 2. The molecule has 0 unspecified atom stereocenters. The van der Waals surface area contributed by atoms with E-state index in [4.69, 9.17) is 9.59 Å². The van der Waals surface area contributed by atoms with Gasteiger partial charge in [-0.2, -0.15) is 35.9 Å². The molecule has 2 amide bonds. The third-order valence-electron chi connectivity index (χ3n) is 6.86. The van der Waals surface area contributed by atoms with E-state index in [1.54, 1.807) is 6.92 Å². The first-order chi connectivity index (χ1) is 19.5. The number of rotatable bonds is 7. The molecule has 230 valence electrons. The first kappa shape index (κ1) is 33.1. The Morgan fingerprint density at radius 2 is 1.71 bits per heavy atom. The van der Waals surface area contributed by atoms with Crippen molar-refractivity contribution in [2.24, 2.45) is 5.92 Å². The molecule has 2 aromatic rings. The summed E-state index contributed by atoms with van der Waals surface area (Å²) in [6.45, 7) is 2.38. The third-order valence-corrected chi connectivity index (χ3v) is 7.94. The molecule has 17 heteroatoms. The number of aliphatic hydroxyl groups is 1. The number of aromatic nitrogens is 1. The van der Waals surface area contributed by atoms with Gasteiger partial charge in [0, 0.05) is 35.8 Å². The van der Waals surface area contributed by atoms with E-state index in [1.807, 2.05) is 0 Å². The minimum atomic E-state index is -6.28. The molecule has 0 spiro atoms. The molecule has 2 N–H and O–H groups in total. The van der Waals surface area contributed by atoms with Gasteiger partial charge in [0.1, 0.15) is 5.69 Å². The van der Waals surface area contributed by atoms with E-state index in [1.165, 1.54) is 4.90 Å². The van der Waals surface area contributed by atoms with E-state index in [0.29, 0.717) is 43.3 Å². The van der Waals surface area contributed by atoms with E-state index < -0.39 is 58.6 Å². The number of likely N-dealkylation sites (tertiary alicyclic amines) is 1. The molecule has 42 heavy (non-hydrogen) atoms. The van der Waals surface area contributed by atoms with Crippen LogP contribution in [0, 0.1) is 5.92 Å². The number of thiazole rings is 1. The second-order valence-corrected chi connectivity index (χ2v) is 10.7. The molecular formula is C25H23F8N3O5S. The van der Waals surface area contributed by atoms with Gasteiger partial charge in [-0.3, -0.25) is 9.59 Å². The quantitative estimate of drug-likeness (QED) is 0.405. The predicted molar refractivity (Wildman–Crippen MR) is 128 cm³/mol. The number of alkyl halides is 8. The molecule has 1 saturated carbocycles. The molecule has 1 saturated heterocycles. The average Bonchev–Trinajstić information content (AvgIpc) is 3.46. The lowest BCUT2D eigenvalue weighted by molar-refractivity contribution is -0.376. The Morgan fingerprint density at radius 1 is 1.12 bits per heavy atom. The second kappa shape index (κ2) is 12.4. The monoisotopic (exact) mass is 629 g/mol. The highest BCUT2D eigenvalue weighted by atomic mass is 32.1. The minimum absolute atomic E-state index is 0.0831. The summed E-state index contributed by atoms with van der Waals surface area (Å²) in [6.07, 6.45) is -12.8. The van der Waals surface area contributed by atoms with Crippen LogP contribution in [-0.2, 0) is 15.2 Å². The van der Waals surface area contributed by atoms with Crippen LogP contribution in [0.3, 0.4) is 0 Å². The highest BCUT2D eigenvalue weighted by Gasteiger charge is 2.71. The number of nitrogens with one attached hydrogen (secondary N) is 1. The molecule has 4 rings (SSSR count). The molecule has 1 aromatic heterocycles. The fourth-order valence-electron chi connectivity index (χ4n) is 4.41. The summed E-state index contributed by atoms with van der Waals surface area (Å²) in [6, 6.07) is 0.440. The number of hydrogen-bond acceptors (Lipinski definition) is 7. The largest absolute Gasteiger partial charge is 0.430 e. The van der Waals surface area contributed by atoms with Gasteiger partial charge in [-0.1, -0.05) is 12.1 Å². The van der Waals surface area contributed by atoms with Gasteiger partial charge in [0.2, 0.25) is 0 Å². The van der Waals surface area contributed by atoms with Gasteiger partial charge < -0.3 is 15.3 Å². The number of amides is 2. The summed E-state index contributed by atoms with van der Waals surface area (Å²) in [5.74, 6) is -1.13. The zero-order valence-electron chi connectivity index (χ0n) is 21.6. The van der Waals surface area contributed by atoms with E-state index in [-0.39, 0.29) is 40.1 Å². The first-order valence-electron chi connectivity index (χ1n) is 12.4. The number of halogens is 8. The summed E-state index contributed by atoms with van der Waals surface area (Å²) < 4.78 is 109. The molecule has 0 radical (unpaired) electrons. The van der Waals surface area contributed by atoms with E-state index in [0.717, 1.165) is 12.8 Å². The van der Waals surface area contributed by atoms with Crippen LogP contribution in [0.4, 0.5) is 35.1 Å². The lowest BCUT2D eigenvalue weighted by Crippen LogP contribution is -2.54. The SMILES string of the molecule is C[C@H]1CCCN1C(=O)c1nc(C(=O)NCC2CC2)sc1-c1ccc(C(O)(C(F)(F)F)C(F)(F)F)cc1C(F)F.O=C=O. The van der Waals surface area contributed by atoms with E-state index in [2.05, 4.69) is 10.3 Å². The molecule has 2 aliphatic rings. The Labute approximate surface area is 236 Å². The van der Waals surface area contributed by atoms with Gasteiger partial charge in [-0.05, 0) is 44.6 Å². The fraction of sp³-hybridized carbons (Fsp3) is 0.520. The second-order valence-electron chi connectivity index (χ2n) is 9.73. The van der Waals surface area contributed by atoms with Crippen LogP contribution in [0.25, 0.3) is 10.4 Å². The van der Waals surface area contributed by atoms with Crippen LogP contribution in [-0.4, -0.2) is 64.4 Å². The van der Waals surface area contributed by atoms with Crippen molar-refractivity contribution in [1.29, 1.82) is 0 Å². The minimum Gasteiger partial charge on any atom is -0.369 e. The van der Waals surface area contributed by atoms with Crippen molar-refractivity contribution in [3.05, 3.63) is 40.0 Å². The standard InChI is InChI=1S/C24H23F8N3O3S.CO2/c1-11-3-2-8-35(11)21(37)16-17(39-20(34-16)19(36)33-10-12-4-5-12)14-7-6-13(9-15(14)18(25)26)22(38,23(27,28)29)24(30,31)32;2-1-3/h6-7,9,11-12,18,38H,2-5,8,10H2,1H3,(H,33,36);/t11-;/m0./s1. The zero-order valence-corrected chi connectivity index (χ0v) is 22.4. The summed E-state index contributed by atoms with van der Waals surface area (Å²) >= 11 is 0.526. The van der Waals surface area contributed by atoms with Gasteiger partial charge in [-0.25, -0.2) is 13.8 Å². The smallest absolute Gasteiger partial charge is 0.369 e. The van der Waals surface area contributed by atoms with Gasteiger partial charge in [0.15, 0.2) is 5.01 Å². The highest BCUT2D eigenvalue weighted by molar-refractivity contribution is 7.17. The van der Waals surface area contributed by atoms with Gasteiger partial charge >= 0.3 is 18.5 Å². The molecule has 0 bridgehead atoms. The summed E-state index contributed by atoms with van der Waals surface area (Å²) in [5.41, 5.74) is -9.57. The molecule has 8 nitrogen and oxygen atoms in total. The van der Waals surface area contributed by atoms with E-state index in [9.17, 15) is 49.8 Å². The molecular weight excluding hydrogens is 606 g/mol. The summed E-state index contributed by atoms with van der Waals surface area (Å²) in [4.78, 5) is 47.5. The van der Waals surface area contributed by atoms with Crippen molar-refractivity contribution >= 4 is 29.3 Å². The van der Waals surface area contributed by atoms with Crippen LogP contribution in [0.5, 0.6) is 0 Å². The number of carbonyl (C=O) groups is 2. The molecule has 1 atom stereocenters. The van der Waals surface area contributed by atoms with Crippen LogP contribution in [0.1, 0.15) is 70.4 Å². The van der Waals surface area contributed by atoms with Crippen molar-refractivity contribution in [2.45, 2.75) is 63.0 Å². The van der Waals surface area contributed by atoms with Crippen molar-refractivity contribution in [3.63, 3.8) is 0 Å². The molecule has 2 fully saturated rings. The molecule has 2 heterocycles. The van der Waals surface area contributed by atoms with Crippen molar-refractivity contribution in [2.75, 3.05) is 13.1 Å². The van der Waals surface area contributed by atoms with Crippen LogP contribution in [0.15, 0.2) is 18.2 Å². The van der Waals surface area contributed by atoms with Gasteiger partial charge in [-0.15, -0.1) is 11.3 Å². The van der Waals surface area contributed by atoms with Crippen LogP contribution >= 0.6 is 11.3 Å². The average molecular weight is 630 g/mol. The van der Waals surface area contributed by atoms with Crippen LogP contribution < -0.4 is 5.32 Å². The molecule has 1 aromatic carbocycles. The maximum absolute atomic E-state index is 14.1. The van der Waals surface area contributed by atoms with Gasteiger partial charge in [0.25, 0.3) is 23.8 Å². The Kier molecular flexibility index (Phi) is 9.79. The zero-order chi connectivity index (χ0) is 31.6. The Balaban J connectivity index is 0.00000155. The summed E-state index contributed by atoms with van der Waals surface area (Å²) in [7, 11) is 0. The number of benzene rings is 1. The molecule has 1 aliphatic heterocycles.